The van der Waals surface area contributed by atoms with E-state index < -0.39 is 26.5 Å². The van der Waals surface area contributed by atoms with Crippen molar-refractivity contribution in [1.29, 1.82) is 0 Å². The molecule has 0 saturated carbocycles. The molecule has 1 unspecified atom stereocenters. The van der Waals surface area contributed by atoms with Crippen LogP contribution >= 0.6 is 8.03 Å². The first-order valence-corrected chi connectivity index (χ1v) is 5.78. The zero-order valence-corrected chi connectivity index (χ0v) is 9.12. The Hall–Kier alpha value is -0.610. The van der Waals surface area contributed by atoms with Gasteiger partial charge in [0.15, 0.2) is 8.03 Å². The van der Waals surface area contributed by atoms with E-state index in [1.54, 1.807) is 13.8 Å². The van der Waals surface area contributed by atoms with Crippen LogP contribution in [-0.2, 0) is 9.30 Å². The quantitative estimate of drug-likeness (QED) is 0.685. The highest BCUT2D eigenvalue weighted by Crippen LogP contribution is 2.15. The topological polar surface area (TPSA) is 75.6 Å². The standard InChI is InChI=1S/C7H15FNO4P/c1-5(2)13-7(10)9-3-6(8)4-14(11)12/h5-6,14H,3-4H2,1-2H3,(H,9,10)(H,11,12)/t6-/m1/s1. The number of halogens is 1. The highest BCUT2D eigenvalue weighted by molar-refractivity contribution is 7.38. The van der Waals surface area contributed by atoms with Crippen molar-refractivity contribution < 1.29 is 23.4 Å². The third-order valence-corrected chi connectivity index (χ3v) is 2.00. The van der Waals surface area contributed by atoms with Crippen molar-refractivity contribution in [2.75, 3.05) is 12.7 Å². The van der Waals surface area contributed by atoms with E-state index in [1.165, 1.54) is 0 Å². The molecular formula is C7H15FNO4P. The molecule has 1 amide bonds. The molecule has 2 N–H and O–H groups in total. The van der Waals surface area contributed by atoms with Crippen molar-refractivity contribution >= 4 is 14.1 Å². The van der Waals surface area contributed by atoms with Gasteiger partial charge in [-0.05, 0) is 13.8 Å². The fourth-order valence-electron chi connectivity index (χ4n) is 0.711. The number of nitrogens with one attached hydrogen (secondary N) is 1. The smallest absolute Gasteiger partial charge is 0.407 e. The summed E-state index contributed by atoms with van der Waals surface area (Å²) in [5.74, 6) is 0. The van der Waals surface area contributed by atoms with Gasteiger partial charge in [0.1, 0.15) is 6.17 Å². The van der Waals surface area contributed by atoms with Gasteiger partial charge in [0.2, 0.25) is 0 Å². The van der Waals surface area contributed by atoms with Gasteiger partial charge in [-0.15, -0.1) is 0 Å². The van der Waals surface area contributed by atoms with Crippen LogP contribution in [0.25, 0.3) is 0 Å². The Morgan fingerprint density at radius 3 is 2.64 bits per heavy atom. The number of alkyl halides is 1. The van der Waals surface area contributed by atoms with E-state index in [0.29, 0.717) is 0 Å². The van der Waals surface area contributed by atoms with Crippen molar-refractivity contribution in [3.8, 4) is 0 Å². The second-order valence-electron chi connectivity index (χ2n) is 3.03. The zero-order chi connectivity index (χ0) is 11.1. The number of hydrogen-bond donors (Lipinski definition) is 2. The van der Waals surface area contributed by atoms with Gasteiger partial charge in [0.05, 0.1) is 18.8 Å². The summed E-state index contributed by atoms with van der Waals surface area (Å²) >= 11 is 0. The molecule has 0 radical (unpaired) electrons. The van der Waals surface area contributed by atoms with Gasteiger partial charge in [-0.2, -0.15) is 0 Å². The molecule has 7 heteroatoms. The van der Waals surface area contributed by atoms with Crippen molar-refractivity contribution in [1.82, 2.24) is 5.32 Å². The Kier molecular flexibility index (Phi) is 6.49. The van der Waals surface area contributed by atoms with Crippen LogP contribution in [0.3, 0.4) is 0 Å². The predicted molar refractivity (Wildman–Crippen MR) is 50.6 cm³/mol. The summed E-state index contributed by atoms with van der Waals surface area (Å²) in [6, 6.07) is 0. The van der Waals surface area contributed by atoms with E-state index in [0.717, 1.165) is 0 Å². The lowest BCUT2D eigenvalue weighted by Crippen LogP contribution is -2.33. The molecule has 0 aliphatic rings. The number of ether oxygens (including phenoxy) is 1. The molecule has 0 spiro atoms. The van der Waals surface area contributed by atoms with Crippen LogP contribution in [-0.4, -0.2) is 36.0 Å². The normalized spacial score (nSPS) is 14.9. The minimum atomic E-state index is -2.82. The largest absolute Gasteiger partial charge is 0.447 e. The van der Waals surface area contributed by atoms with Crippen LogP contribution in [0.2, 0.25) is 0 Å². The lowest BCUT2D eigenvalue weighted by Gasteiger charge is -2.10. The molecular weight excluding hydrogens is 212 g/mol. The molecule has 0 aliphatic carbocycles. The Morgan fingerprint density at radius 2 is 2.21 bits per heavy atom. The van der Waals surface area contributed by atoms with E-state index in [1.807, 2.05) is 0 Å². The number of carbonyl (C=O) groups excluding carboxylic acids is 1. The summed E-state index contributed by atoms with van der Waals surface area (Å²) < 4.78 is 27.6. The second kappa shape index (κ2) is 6.79. The number of alkyl carbamates (subject to hydrolysis) is 1. The lowest BCUT2D eigenvalue weighted by molar-refractivity contribution is 0.113. The van der Waals surface area contributed by atoms with Gasteiger partial charge in [0.25, 0.3) is 0 Å². The second-order valence-corrected chi connectivity index (χ2v) is 4.23. The first kappa shape index (κ1) is 13.4. The number of rotatable bonds is 5. The van der Waals surface area contributed by atoms with Gasteiger partial charge in [0, 0.05) is 0 Å². The van der Waals surface area contributed by atoms with Crippen molar-refractivity contribution in [2.45, 2.75) is 26.1 Å². The monoisotopic (exact) mass is 227 g/mol. The molecule has 14 heavy (non-hydrogen) atoms. The maximum Gasteiger partial charge on any atom is 0.407 e. The van der Waals surface area contributed by atoms with Gasteiger partial charge in [-0.1, -0.05) is 0 Å². The third-order valence-electron chi connectivity index (χ3n) is 1.21. The third kappa shape index (κ3) is 8.01. The zero-order valence-electron chi connectivity index (χ0n) is 8.12. The minimum absolute atomic E-state index is 0.273. The maximum absolute atomic E-state index is 12.7. The van der Waals surface area contributed by atoms with Crippen LogP contribution < -0.4 is 5.32 Å². The summed E-state index contributed by atoms with van der Waals surface area (Å²) in [4.78, 5) is 19.2. The molecule has 0 bridgehead atoms. The summed E-state index contributed by atoms with van der Waals surface area (Å²) in [6.45, 7) is 3.03. The van der Waals surface area contributed by atoms with Crippen LogP contribution in [0.1, 0.15) is 13.8 Å². The van der Waals surface area contributed by atoms with Crippen LogP contribution in [0.4, 0.5) is 9.18 Å². The Bertz CT molecular complexity index is 212. The highest BCUT2D eigenvalue weighted by atomic mass is 31.1. The van der Waals surface area contributed by atoms with E-state index in [-0.39, 0.29) is 12.6 Å². The summed E-state index contributed by atoms with van der Waals surface area (Å²) in [7, 11) is -2.82. The van der Waals surface area contributed by atoms with Gasteiger partial charge in [-0.25, -0.2) is 9.18 Å². The van der Waals surface area contributed by atoms with E-state index in [4.69, 9.17) is 4.89 Å². The Balaban J connectivity index is 3.61. The molecule has 0 aromatic rings. The molecule has 0 aliphatic heterocycles. The molecule has 0 rings (SSSR count). The summed E-state index contributed by atoms with van der Waals surface area (Å²) in [6.07, 6.45) is -2.94. The summed E-state index contributed by atoms with van der Waals surface area (Å²) in [5.41, 5.74) is 0. The fraction of sp³-hybridized carbons (Fsp3) is 0.857. The van der Waals surface area contributed by atoms with E-state index in [9.17, 15) is 13.8 Å². The summed E-state index contributed by atoms with van der Waals surface area (Å²) in [5, 5.41) is 2.15. The van der Waals surface area contributed by atoms with E-state index in [2.05, 4.69) is 10.1 Å². The molecule has 2 atom stereocenters. The Morgan fingerprint density at radius 1 is 1.64 bits per heavy atom. The molecule has 0 aromatic heterocycles. The Labute approximate surface area is 82.5 Å². The molecule has 0 heterocycles. The number of carbonyl (C=O) groups is 1. The van der Waals surface area contributed by atoms with E-state index >= 15 is 0 Å². The number of hydrogen-bond acceptors (Lipinski definition) is 3. The minimum Gasteiger partial charge on any atom is -0.447 e. The van der Waals surface area contributed by atoms with Crippen molar-refractivity contribution in [2.24, 2.45) is 0 Å². The first-order chi connectivity index (χ1) is 6.41. The van der Waals surface area contributed by atoms with Crippen molar-refractivity contribution in [3.05, 3.63) is 0 Å². The average Bonchev–Trinajstić information content (AvgIpc) is 1.98. The van der Waals surface area contributed by atoms with Crippen LogP contribution in [0, 0.1) is 0 Å². The molecule has 0 fully saturated rings. The van der Waals surface area contributed by atoms with Crippen molar-refractivity contribution in [3.63, 3.8) is 0 Å². The molecule has 84 valence electrons. The van der Waals surface area contributed by atoms with Gasteiger partial charge < -0.3 is 14.9 Å². The molecule has 5 nitrogen and oxygen atoms in total. The van der Waals surface area contributed by atoms with Gasteiger partial charge >= 0.3 is 6.09 Å². The molecule has 0 saturated heterocycles. The van der Waals surface area contributed by atoms with Crippen LogP contribution in [0.15, 0.2) is 0 Å². The fourth-order valence-corrected chi connectivity index (χ4v) is 1.23. The molecule has 0 aromatic carbocycles. The SMILES string of the molecule is CC(C)OC(=O)NC[C@@H](F)C[PH](=O)O. The number of amides is 1. The maximum atomic E-state index is 12.7. The van der Waals surface area contributed by atoms with Gasteiger partial charge in [-0.3, -0.25) is 4.57 Å². The highest BCUT2D eigenvalue weighted by Gasteiger charge is 2.12. The average molecular weight is 227 g/mol. The predicted octanol–water partition coefficient (Wildman–Crippen LogP) is 0.926. The lowest BCUT2D eigenvalue weighted by atomic mass is 10.4. The first-order valence-electron chi connectivity index (χ1n) is 4.22. The van der Waals surface area contributed by atoms with Crippen LogP contribution in [0.5, 0.6) is 0 Å².